The topological polar surface area (TPSA) is 95.3 Å². The van der Waals surface area contributed by atoms with Crippen LogP contribution in [0.5, 0.6) is 0 Å². The summed E-state index contributed by atoms with van der Waals surface area (Å²) in [6.45, 7) is -0.856. The van der Waals surface area contributed by atoms with E-state index in [2.05, 4.69) is 9.97 Å². The van der Waals surface area contributed by atoms with E-state index in [9.17, 15) is 26.0 Å². The number of rotatable bonds is 4. The van der Waals surface area contributed by atoms with Gasteiger partial charge in [0, 0.05) is 30.4 Å². The van der Waals surface area contributed by atoms with Gasteiger partial charge in [-0.05, 0) is 42.7 Å². The third kappa shape index (κ3) is 3.10. The molecule has 4 aliphatic rings. The van der Waals surface area contributed by atoms with Crippen LogP contribution in [0.2, 0.25) is 0 Å². The number of benzene rings is 1. The number of nitrogen functional groups attached to an aromatic ring is 1. The lowest BCUT2D eigenvalue weighted by molar-refractivity contribution is -0.129. The van der Waals surface area contributed by atoms with Gasteiger partial charge in [-0.2, -0.15) is 17.5 Å². The summed E-state index contributed by atoms with van der Waals surface area (Å²) in [5, 5.41) is 0. The predicted octanol–water partition coefficient (Wildman–Crippen LogP) is 2.97. The van der Waals surface area contributed by atoms with Crippen molar-refractivity contribution in [3.63, 3.8) is 0 Å². The molecule has 1 aromatic heterocycles. The highest BCUT2D eigenvalue weighted by Gasteiger charge is 2.63. The summed E-state index contributed by atoms with van der Waals surface area (Å²) in [7, 11) is -5.63. The zero-order valence-electron chi connectivity index (χ0n) is 16.4. The molecule has 6 rings (SSSR count). The second kappa shape index (κ2) is 6.58. The maximum absolute atomic E-state index is 14.8. The second-order valence-electron chi connectivity index (χ2n) is 8.76. The van der Waals surface area contributed by atoms with Gasteiger partial charge >= 0.3 is 15.5 Å². The van der Waals surface area contributed by atoms with Crippen molar-refractivity contribution in [1.82, 2.24) is 14.3 Å². The number of aromatic nitrogens is 2. The van der Waals surface area contributed by atoms with Gasteiger partial charge in [-0.15, -0.1) is 0 Å². The highest BCUT2D eigenvalue weighted by molar-refractivity contribution is 7.89. The number of imidazole rings is 1. The lowest BCUT2D eigenvalue weighted by atomic mass is 9.41. The molecule has 0 amide bonds. The molecule has 1 aromatic carbocycles. The van der Waals surface area contributed by atoms with Crippen LogP contribution in [0.4, 0.5) is 29.2 Å². The minimum absolute atomic E-state index is 0.0723. The highest BCUT2D eigenvalue weighted by atomic mass is 32.2. The molecule has 0 saturated heterocycles. The summed E-state index contributed by atoms with van der Waals surface area (Å²) < 4.78 is 80.2. The number of H-pyrrole nitrogens is 1. The Morgan fingerprint density at radius 2 is 1.97 bits per heavy atom. The number of anilines is 2. The maximum Gasteiger partial charge on any atom is 0.511 e. The SMILES string of the molecule is Nc1ncc(CN2c3cccc(F)c3CN(S(=O)(=O)C(F)(F)F)CC2C23CC(C2)C3)[nH]1. The van der Waals surface area contributed by atoms with Gasteiger partial charge in [0.25, 0.3) is 0 Å². The fourth-order valence-electron chi connectivity index (χ4n) is 5.32. The summed E-state index contributed by atoms with van der Waals surface area (Å²) >= 11 is 0. The van der Waals surface area contributed by atoms with Crippen molar-refractivity contribution < 1.29 is 26.0 Å². The molecule has 3 N–H and O–H groups in total. The fraction of sp³-hybridized carbons (Fsp3) is 0.526. The largest absolute Gasteiger partial charge is 0.511 e. The van der Waals surface area contributed by atoms with Gasteiger partial charge in [0.2, 0.25) is 0 Å². The molecule has 3 aliphatic carbocycles. The molecule has 1 aliphatic heterocycles. The van der Waals surface area contributed by atoms with Crippen LogP contribution in [-0.4, -0.2) is 40.8 Å². The number of aromatic amines is 1. The number of alkyl halides is 3. The van der Waals surface area contributed by atoms with Gasteiger partial charge in [-0.3, -0.25) is 0 Å². The van der Waals surface area contributed by atoms with Gasteiger partial charge in [0.1, 0.15) is 5.82 Å². The smallest absolute Gasteiger partial charge is 0.369 e. The van der Waals surface area contributed by atoms with E-state index < -0.39 is 33.9 Å². The summed E-state index contributed by atoms with van der Waals surface area (Å²) in [6.07, 6.45) is 3.99. The third-order valence-corrected chi connectivity index (χ3v) is 8.45. The Hall–Kier alpha value is -2.34. The van der Waals surface area contributed by atoms with Crippen LogP contribution in [-0.2, 0) is 23.1 Å². The van der Waals surface area contributed by atoms with E-state index in [1.54, 1.807) is 6.07 Å². The monoisotopic (exact) mass is 459 g/mol. The molecule has 1 atom stereocenters. The Morgan fingerprint density at radius 3 is 2.52 bits per heavy atom. The Bertz CT molecular complexity index is 1120. The number of fused-ring (bicyclic) bond motifs is 1. The summed E-state index contributed by atoms with van der Waals surface area (Å²) in [4.78, 5) is 8.68. The molecule has 2 heterocycles. The molecule has 31 heavy (non-hydrogen) atoms. The van der Waals surface area contributed by atoms with Crippen molar-refractivity contribution in [1.29, 1.82) is 0 Å². The van der Waals surface area contributed by atoms with Crippen LogP contribution >= 0.6 is 0 Å². The minimum Gasteiger partial charge on any atom is -0.369 e. The number of hydrogen-bond acceptors (Lipinski definition) is 5. The zero-order chi connectivity index (χ0) is 22.2. The Balaban J connectivity index is 1.64. The predicted molar refractivity (Wildman–Crippen MR) is 105 cm³/mol. The molecule has 0 radical (unpaired) electrons. The molecular weight excluding hydrogens is 438 g/mol. The van der Waals surface area contributed by atoms with E-state index in [1.807, 2.05) is 4.90 Å². The Kier molecular flexibility index (Phi) is 4.36. The molecular formula is C19H21F4N5O2S. The third-order valence-electron chi connectivity index (χ3n) is 6.90. The molecule has 0 spiro atoms. The van der Waals surface area contributed by atoms with Gasteiger partial charge in [-0.1, -0.05) is 6.07 Å². The van der Waals surface area contributed by atoms with Crippen LogP contribution in [0.3, 0.4) is 0 Å². The van der Waals surface area contributed by atoms with Crippen LogP contribution in [0.1, 0.15) is 30.5 Å². The standard InChI is InChI=1S/C19H21F4N5O2S/c20-14-2-1-3-15-13(14)9-27(31(29,30)19(21,22)23)10-16(18-4-11(5-18)6-18)28(15)8-12-7-25-17(24)26-12/h1-3,7,11,16H,4-6,8-10H2,(H3,24,25,26). The Morgan fingerprint density at radius 1 is 1.26 bits per heavy atom. The van der Waals surface area contributed by atoms with Gasteiger partial charge < -0.3 is 15.6 Å². The number of hydrogen-bond donors (Lipinski definition) is 2. The van der Waals surface area contributed by atoms with E-state index >= 15 is 0 Å². The van der Waals surface area contributed by atoms with Crippen molar-refractivity contribution in [2.75, 3.05) is 17.2 Å². The molecule has 2 bridgehead atoms. The van der Waals surface area contributed by atoms with Crippen LogP contribution < -0.4 is 10.6 Å². The van der Waals surface area contributed by atoms with Gasteiger partial charge in [0.05, 0.1) is 18.4 Å². The maximum atomic E-state index is 14.8. The molecule has 12 heteroatoms. The zero-order valence-corrected chi connectivity index (χ0v) is 17.2. The molecule has 3 fully saturated rings. The Labute approximate surface area is 176 Å². The molecule has 168 valence electrons. The first kappa shape index (κ1) is 20.6. The second-order valence-corrected chi connectivity index (χ2v) is 10.7. The number of nitrogens with one attached hydrogen (secondary N) is 1. The van der Waals surface area contributed by atoms with Crippen molar-refractivity contribution >= 4 is 21.7 Å². The molecule has 1 unspecified atom stereocenters. The van der Waals surface area contributed by atoms with E-state index in [0.29, 0.717) is 21.6 Å². The highest BCUT2D eigenvalue weighted by Crippen LogP contribution is 2.67. The van der Waals surface area contributed by atoms with Crippen LogP contribution in [0, 0.1) is 17.2 Å². The van der Waals surface area contributed by atoms with Crippen LogP contribution in [0.25, 0.3) is 0 Å². The summed E-state index contributed by atoms with van der Waals surface area (Å²) in [6, 6.07) is 3.70. The van der Waals surface area contributed by atoms with Crippen molar-refractivity contribution in [3.8, 4) is 0 Å². The van der Waals surface area contributed by atoms with E-state index in [-0.39, 0.29) is 30.0 Å². The summed E-state index contributed by atoms with van der Waals surface area (Å²) in [5.74, 6) is -0.0348. The number of halogens is 4. The fourth-order valence-corrected chi connectivity index (χ4v) is 6.25. The normalized spacial score (nSPS) is 28.5. The van der Waals surface area contributed by atoms with Crippen molar-refractivity contribution in [2.24, 2.45) is 11.3 Å². The summed E-state index contributed by atoms with van der Waals surface area (Å²) in [5.41, 5.74) is 0.844. The first-order valence-electron chi connectivity index (χ1n) is 9.90. The average molecular weight is 459 g/mol. The van der Waals surface area contributed by atoms with E-state index in [0.717, 1.165) is 25.3 Å². The number of nitrogens with zero attached hydrogens (tertiary/aromatic N) is 3. The quantitative estimate of drug-likeness (QED) is 0.686. The van der Waals surface area contributed by atoms with Crippen LogP contribution in [0.15, 0.2) is 24.4 Å². The molecule has 3 saturated carbocycles. The first-order chi connectivity index (χ1) is 14.5. The lowest BCUT2D eigenvalue weighted by Gasteiger charge is -2.67. The molecule has 7 nitrogen and oxygen atoms in total. The van der Waals surface area contributed by atoms with Gasteiger partial charge in [0.15, 0.2) is 5.95 Å². The average Bonchev–Trinajstić information content (AvgIpc) is 2.93. The van der Waals surface area contributed by atoms with Gasteiger partial charge in [-0.25, -0.2) is 17.8 Å². The molecule has 2 aromatic rings. The first-order valence-corrected chi connectivity index (χ1v) is 11.3. The number of sulfonamides is 1. The van der Waals surface area contributed by atoms with Crippen molar-refractivity contribution in [2.45, 2.75) is 43.9 Å². The minimum atomic E-state index is -5.63. The number of nitrogens with two attached hydrogens (primary N) is 1. The lowest BCUT2D eigenvalue weighted by Crippen LogP contribution is -2.66. The van der Waals surface area contributed by atoms with E-state index in [4.69, 9.17) is 5.73 Å². The van der Waals surface area contributed by atoms with Crippen molar-refractivity contribution in [3.05, 3.63) is 41.5 Å². The van der Waals surface area contributed by atoms with E-state index in [1.165, 1.54) is 12.3 Å².